The minimum absolute atomic E-state index is 0.121. The van der Waals surface area contributed by atoms with E-state index in [1.165, 1.54) is 82.6 Å². The Morgan fingerprint density at radius 3 is 2.19 bits per heavy atom. The molecule has 0 N–H and O–H groups in total. The molecule has 0 unspecified atom stereocenters. The SMILES string of the molecule is CCCCCCCCc1ccc(-c2ncc([C@H]3CC[C@H](CCCC)CC3)cn2)cc1F. The summed E-state index contributed by atoms with van der Waals surface area (Å²) < 4.78 is 14.6. The Kier molecular flexibility index (Phi) is 9.96. The Bertz CT molecular complexity index is 763. The van der Waals surface area contributed by atoms with Crippen LogP contribution in [0.1, 0.15) is 114 Å². The lowest BCUT2D eigenvalue weighted by atomic mass is 9.78. The lowest BCUT2D eigenvalue weighted by Gasteiger charge is -2.28. The summed E-state index contributed by atoms with van der Waals surface area (Å²) >= 11 is 0. The van der Waals surface area contributed by atoms with Crippen LogP contribution in [0.15, 0.2) is 30.6 Å². The molecule has 31 heavy (non-hydrogen) atoms. The fraction of sp³-hybridized carbons (Fsp3) is 0.643. The number of halogens is 1. The van der Waals surface area contributed by atoms with Gasteiger partial charge < -0.3 is 0 Å². The minimum atomic E-state index is -0.121. The molecule has 0 spiro atoms. The first kappa shape index (κ1) is 23.9. The molecule has 0 radical (unpaired) electrons. The van der Waals surface area contributed by atoms with Gasteiger partial charge in [0.15, 0.2) is 5.82 Å². The first-order valence-corrected chi connectivity index (χ1v) is 12.8. The van der Waals surface area contributed by atoms with E-state index in [-0.39, 0.29) is 5.82 Å². The molecule has 1 aromatic heterocycles. The third-order valence-electron chi connectivity index (χ3n) is 7.07. The summed E-state index contributed by atoms with van der Waals surface area (Å²) in [5, 5.41) is 0. The molecule has 2 aromatic rings. The second-order valence-electron chi connectivity index (χ2n) is 9.52. The normalized spacial score (nSPS) is 18.9. The summed E-state index contributed by atoms with van der Waals surface area (Å²) in [4.78, 5) is 9.18. The molecule has 170 valence electrons. The fourth-order valence-electron chi connectivity index (χ4n) is 4.96. The molecule has 3 heteroatoms. The molecule has 1 aromatic carbocycles. The summed E-state index contributed by atoms with van der Waals surface area (Å²) in [5.74, 6) is 2.01. The van der Waals surface area contributed by atoms with Gasteiger partial charge in [0, 0.05) is 18.0 Å². The van der Waals surface area contributed by atoms with Gasteiger partial charge in [-0.3, -0.25) is 0 Å². The number of rotatable bonds is 12. The summed E-state index contributed by atoms with van der Waals surface area (Å²) in [7, 11) is 0. The molecule has 0 bridgehead atoms. The molecule has 2 nitrogen and oxygen atoms in total. The highest BCUT2D eigenvalue weighted by Gasteiger charge is 2.22. The van der Waals surface area contributed by atoms with Gasteiger partial charge in [-0.15, -0.1) is 0 Å². The predicted molar refractivity (Wildman–Crippen MR) is 129 cm³/mol. The van der Waals surface area contributed by atoms with E-state index in [1.54, 1.807) is 6.07 Å². The van der Waals surface area contributed by atoms with Crippen LogP contribution in [-0.4, -0.2) is 9.97 Å². The number of aryl methyl sites for hydroxylation is 1. The van der Waals surface area contributed by atoms with Gasteiger partial charge in [0.1, 0.15) is 5.82 Å². The number of hydrogen-bond donors (Lipinski definition) is 0. The molecule has 3 rings (SSSR count). The van der Waals surface area contributed by atoms with E-state index in [0.717, 1.165) is 29.9 Å². The molecule has 1 heterocycles. The van der Waals surface area contributed by atoms with Crippen molar-refractivity contribution in [2.45, 2.75) is 110 Å². The van der Waals surface area contributed by atoms with E-state index in [4.69, 9.17) is 0 Å². The third kappa shape index (κ3) is 7.40. The van der Waals surface area contributed by atoms with E-state index in [2.05, 4.69) is 23.8 Å². The Balaban J connectivity index is 1.51. The number of unbranched alkanes of at least 4 members (excludes halogenated alkanes) is 6. The van der Waals surface area contributed by atoms with Crippen LogP contribution < -0.4 is 0 Å². The van der Waals surface area contributed by atoms with Gasteiger partial charge >= 0.3 is 0 Å². The van der Waals surface area contributed by atoms with Crippen molar-refractivity contribution < 1.29 is 4.39 Å². The summed E-state index contributed by atoms with van der Waals surface area (Å²) in [5.41, 5.74) is 2.84. The number of hydrogen-bond acceptors (Lipinski definition) is 2. The number of benzene rings is 1. The highest BCUT2D eigenvalue weighted by Crippen LogP contribution is 2.37. The second kappa shape index (κ2) is 12.9. The van der Waals surface area contributed by atoms with Gasteiger partial charge in [0.2, 0.25) is 0 Å². The Labute approximate surface area is 189 Å². The molecule has 1 saturated carbocycles. The quantitative estimate of drug-likeness (QED) is 0.319. The topological polar surface area (TPSA) is 25.8 Å². The Morgan fingerprint density at radius 1 is 0.839 bits per heavy atom. The first-order chi connectivity index (χ1) is 15.2. The van der Waals surface area contributed by atoms with E-state index in [1.807, 2.05) is 24.5 Å². The highest BCUT2D eigenvalue weighted by molar-refractivity contribution is 5.55. The van der Waals surface area contributed by atoms with Crippen molar-refractivity contribution in [2.24, 2.45) is 5.92 Å². The van der Waals surface area contributed by atoms with Gasteiger partial charge in [-0.2, -0.15) is 0 Å². The molecule has 1 aliphatic carbocycles. The predicted octanol–water partition coefficient (Wildman–Crippen LogP) is 8.65. The molecular weight excluding hydrogens is 383 g/mol. The smallest absolute Gasteiger partial charge is 0.159 e. The Morgan fingerprint density at radius 2 is 1.52 bits per heavy atom. The monoisotopic (exact) mass is 424 g/mol. The number of aromatic nitrogens is 2. The van der Waals surface area contributed by atoms with Crippen LogP contribution in [0, 0.1) is 11.7 Å². The van der Waals surface area contributed by atoms with Gasteiger partial charge in [0.05, 0.1) is 0 Å². The van der Waals surface area contributed by atoms with Crippen LogP contribution in [-0.2, 0) is 6.42 Å². The molecule has 1 fully saturated rings. The van der Waals surface area contributed by atoms with Gasteiger partial charge in [-0.25, -0.2) is 14.4 Å². The van der Waals surface area contributed by atoms with Gasteiger partial charge in [-0.1, -0.05) is 77.3 Å². The average Bonchev–Trinajstić information content (AvgIpc) is 2.81. The van der Waals surface area contributed by atoms with Crippen molar-refractivity contribution in [2.75, 3.05) is 0 Å². The maximum Gasteiger partial charge on any atom is 0.159 e. The zero-order valence-corrected chi connectivity index (χ0v) is 19.7. The summed E-state index contributed by atoms with van der Waals surface area (Å²) in [6.45, 7) is 4.51. The van der Waals surface area contributed by atoms with E-state index in [0.29, 0.717) is 11.7 Å². The van der Waals surface area contributed by atoms with Crippen LogP contribution in [0.4, 0.5) is 4.39 Å². The Hall–Kier alpha value is -1.77. The van der Waals surface area contributed by atoms with Crippen molar-refractivity contribution >= 4 is 0 Å². The maximum absolute atomic E-state index is 14.6. The van der Waals surface area contributed by atoms with Crippen molar-refractivity contribution in [3.05, 3.63) is 47.5 Å². The molecular formula is C28H41FN2. The molecule has 1 aliphatic rings. The van der Waals surface area contributed by atoms with E-state index in [9.17, 15) is 4.39 Å². The van der Waals surface area contributed by atoms with Gasteiger partial charge in [-0.05, 0) is 67.6 Å². The van der Waals surface area contributed by atoms with Crippen molar-refractivity contribution in [3.63, 3.8) is 0 Å². The lowest BCUT2D eigenvalue weighted by Crippen LogP contribution is -2.13. The molecule has 0 aliphatic heterocycles. The van der Waals surface area contributed by atoms with Crippen LogP contribution >= 0.6 is 0 Å². The fourth-order valence-corrected chi connectivity index (χ4v) is 4.96. The van der Waals surface area contributed by atoms with Crippen LogP contribution in [0.5, 0.6) is 0 Å². The average molecular weight is 425 g/mol. The zero-order valence-electron chi connectivity index (χ0n) is 19.7. The van der Waals surface area contributed by atoms with Crippen molar-refractivity contribution in [3.8, 4) is 11.4 Å². The van der Waals surface area contributed by atoms with Crippen LogP contribution in [0.2, 0.25) is 0 Å². The largest absolute Gasteiger partial charge is 0.236 e. The minimum Gasteiger partial charge on any atom is -0.236 e. The first-order valence-electron chi connectivity index (χ1n) is 12.8. The standard InChI is InChI=1S/C28H41FN2/c1-3-5-7-8-9-10-12-24-17-18-25(19-27(24)29)28-30-20-26(21-31-28)23-15-13-22(14-16-23)11-6-4-2/h17-23H,3-16H2,1-2H3/t22-,23-. The zero-order chi connectivity index (χ0) is 21.9. The second-order valence-corrected chi connectivity index (χ2v) is 9.52. The lowest BCUT2D eigenvalue weighted by molar-refractivity contribution is 0.304. The maximum atomic E-state index is 14.6. The van der Waals surface area contributed by atoms with Crippen LogP contribution in [0.25, 0.3) is 11.4 Å². The van der Waals surface area contributed by atoms with Crippen LogP contribution in [0.3, 0.4) is 0 Å². The van der Waals surface area contributed by atoms with Gasteiger partial charge in [0.25, 0.3) is 0 Å². The highest BCUT2D eigenvalue weighted by atomic mass is 19.1. The molecule has 0 atom stereocenters. The molecule has 0 saturated heterocycles. The molecule has 0 amide bonds. The summed E-state index contributed by atoms with van der Waals surface area (Å²) in [6, 6.07) is 5.51. The van der Waals surface area contributed by atoms with E-state index < -0.39 is 0 Å². The van der Waals surface area contributed by atoms with E-state index >= 15 is 0 Å². The third-order valence-corrected chi connectivity index (χ3v) is 7.07. The van der Waals surface area contributed by atoms with Crippen molar-refractivity contribution in [1.29, 1.82) is 0 Å². The summed E-state index contributed by atoms with van der Waals surface area (Å²) in [6.07, 6.45) is 21.4. The van der Waals surface area contributed by atoms with Crippen molar-refractivity contribution in [1.82, 2.24) is 9.97 Å². The number of nitrogens with zero attached hydrogens (tertiary/aromatic N) is 2.